The quantitative estimate of drug-likeness (QED) is 0.0592. The molecule has 0 atom stereocenters. The molecule has 0 amide bonds. The number of rotatable bonds is 6. The summed E-state index contributed by atoms with van der Waals surface area (Å²) in [5.74, 6) is -0.0379. The van der Waals surface area contributed by atoms with Gasteiger partial charge in [0, 0.05) is 48.4 Å². The second kappa shape index (κ2) is 19.6. The van der Waals surface area contributed by atoms with E-state index in [9.17, 15) is 15.2 Å². The first-order valence-corrected chi connectivity index (χ1v) is 22.9. The molecule has 8 rings (SSSR count). The van der Waals surface area contributed by atoms with Gasteiger partial charge in [-0.1, -0.05) is 53.1 Å². The van der Waals surface area contributed by atoms with Gasteiger partial charge >= 0.3 is 112 Å². The minimum atomic E-state index is -0.506. The van der Waals surface area contributed by atoms with Crippen molar-refractivity contribution in [3.63, 3.8) is 0 Å². The number of phenolic OH excluding ortho intramolecular Hbond substituents is 1. The molecule has 2 aliphatic rings. The number of aromatic hydroxyl groups is 1. The number of allylic oxidation sites excluding steroid dienone is 1. The fourth-order valence-corrected chi connectivity index (χ4v) is 9.60. The molecule has 1 aliphatic heterocycles. The normalized spacial score (nSPS) is 13.9. The van der Waals surface area contributed by atoms with Crippen LogP contribution in [-0.4, -0.2) is 33.4 Å². The second-order valence-electron chi connectivity index (χ2n) is 15.4. The molecular weight excluding hydrogens is 853 g/mol. The van der Waals surface area contributed by atoms with E-state index in [-0.39, 0.29) is 27.1 Å². The van der Waals surface area contributed by atoms with Gasteiger partial charge in [-0.05, 0) is 95.3 Å². The number of nitro benzene ring substituents is 1. The van der Waals surface area contributed by atoms with Crippen LogP contribution in [0.25, 0.3) is 5.57 Å². The first-order valence-electron chi connectivity index (χ1n) is 19.8. The van der Waals surface area contributed by atoms with Crippen LogP contribution in [0.1, 0.15) is 66.8 Å². The maximum absolute atomic E-state index is 10.7. The molecule has 0 radical (unpaired) electrons. The number of aliphatic imine (C=N–C) groups is 1. The van der Waals surface area contributed by atoms with E-state index >= 15 is 0 Å². The molecule has 0 bridgehead atoms. The maximum atomic E-state index is 10.7. The Morgan fingerprint density at radius 1 is 0.683 bits per heavy atom. The average Bonchev–Trinajstić information content (AvgIpc) is 3.83. The summed E-state index contributed by atoms with van der Waals surface area (Å²) in [5, 5.41) is 20.4. The number of hydrogen-bond acceptors (Lipinski definition) is 6. The van der Waals surface area contributed by atoms with Crippen LogP contribution in [0.15, 0.2) is 126 Å². The number of fused-ring (bicyclic) bond motifs is 1. The SMILES string of the molecule is Cc1cc(C)c(N2[CH-]N(c3c(C)cc(C)cc3C)CC2)c(C)c1.Cc1ccc(N=Cc2cc([N+](=O)[O-])ccc2O)c(C)c1.[Cl][Ru]=[C]1C=C(c2ccccc2)c2ccccc21. The van der Waals surface area contributed by atoms with E-state index in [1.807, 2.05) is 38.1 Å². The van der Waals surface area contributed by atoms with Crippen LogP contribution >= 0.6 is 9.69 Å². The minimum absolute atomic E-state index is 0.0379. The van der Waals surface area contributed by atoms with Crippen molar-refractivity contribution in [3.05, 3.63) is 205 Å². The molecule has 0 spiro atoms. The van der Waals surface area contributed by atoms with Gasteiger partial charge in [-0.15, -0.1) is 0 Å². The van der Waals surface area contributed by atoms with Crippen molar-refractivity contribution < 1.29 is 25.7 Å². The third-order valence-corrected chi connectivity index (χ3v) is 12.4. The van der Waals surface area contributed by atoms with Crippen molar-refractivity contribution in [1.29, 1.82) is 0 Å². The van der Waals surface area contributed by atoms with Crippen LogP contribution in [0.5, 0.6) is 5.75 Å². The zero-order valence-electron chi connectivity index (χ0n) is 35.4. The van der Waals surface area contributed by atoms with E-state index in [1.165, 1.54) is 95.5 Å². The van der Waals surface area contributed by atoms with E-state index in [0.717, 1.165) is 29.9 Å². The van der Waals surface area contributed by atoms with E-state index in [0.29, 0.717) is 5.56 Å². The molecule has 60 heavy (non-hydrogen) atoms. The van der Waals surface area contributed by atoms with Gasteiger partial charge in [0.2, 0.25) is 0 Å². The van der Waals surface area contributed by atoms with E-state index in [4.69, 9.17) is 9.69 Å². The molecule has 1 heterocycles. The zero-order valence-corrected chi connectivity index (χ0v) is 37.9. The van der Waals surface area contributed by atoms with Gasteiger partial charge in [-0.2, -0.15) is 6.67 Å². The van der Waals surface area contributed by atoms with Gasteiger partial charge < -0.3 is 14.9 Å². The van der Waals surface area contributed by atoms with Crippen molar-refractivity contribution in [1.82, 2.24) is 0 Å². The number of hydrogen-bond donors (Lipinski definition) is 1. The van der Waals surface area contributed by atoms with Crippen LogP contribution < -0.4 is 9.80 Å². The molecule has 309 valence electrons. The van der Waals surface area contributed by atoms with Gasteiger partial charge in [0.25, 0.3) is 5.69 Å². The summed E-state index contributed by atoms with van der Waals surface area (Å²) in [4.78, 5) is 19.3. The Balaban J connectivity index is 0.000000153. The Morgan fingerprint density at radius 2 is 1.22 bits per heavy atom. The third-order valence-electron chi connectivity index (χ3n) is 10.5. The van der Waals surface area contributed by atoms with Crippen LogP contribution in [0.4, 0.5) is 22.7 Å². The summed E-state index contributed by atoms with van der Waals surface area (Å²) < 4.78 is 1.30. The van der Waals surface area contributed by atoms with Crippen LogP contribution in [-0.2, 0) is 15.7 Å². The molecule has 0 aromatic heterocycles. The molecule has 1 aliphatic carbocycles. The van der Waals surface area contributed by atoms with Crippen molar-refractivity contribution >= 4 is 48.3 Å². The molecule has 1 fully saturated rings. The number of benzene rings is 6. The van der Waals surface area contributed by atoms with Crippen LogP contribution in [0.2, 0.25) is 0 Å². The summed E-state index contributed by atoms with van der Waals surface area (Å²) in [7, 11) is 6.10. The molecule has 7 nitrogen and oxygen atoms in total. The van der Waals surface area contributed by atoms with E-state index in [1.54, 1.807) is 0 Å². The number of phenols is 1. The number of non-ortho nitro benzene ring substituents is 1. The molecule has 9 heteroatoms. The fraction of sp³-hybridized carbons (Fsp3) is 0.196. The van der Waals surface area contributed by atoms with Crippen molar-refractivity contribution in [2.75, 3.05) is 22.9 Å². The Morgan fingerprint density at radius 3 is 1.75 bits per heavy atom. The van der Waals surface area contributed by atoms with Gasteiger partial charge in [0.15, 0.2) is 0 Å². The Kier molecular flexibility index (Phi) is 14.3. The molecule has 6 aromatic rings. The molecule has 0 unspecified atom stereocenters. The summed E-state index contributed by atoms with van der Waals surface area (Å²) >= 11 is -0.218. The van der Waals surface area contributed by atoms with Gasteiger partial charge in [0.05, 0.1) is 10.6 Å². The summed E-state index contributed by atoms with van der Waals surface area (Å²) in [6, 6.07) is 37.8. The summed E-state index contributed by atoms with van der Waals surface area (Å²) in [5.41, 5.74) is 19.2. The predicted molar refractivity (Wildman–Crippen MR) is 248 cm³/mol. The van der Waals surface area contributed by atoms with Crippen molar-refractivity contribution in [2.45, 2.75) is 55.4 Å². The molecule has 1 saturated heterocycles. The second-order valence-corrected chi connectivity index (χ2v) is 17.5. The topological polar surface area (TPSA) is 82.2 Å². The number of halogens is 1. The summed E-state index contributed by atoms with van der Waals surface area (Å²) in [6.07, 6.45) is 3.67. The monoisotopic (exact) mass is 904 g/mol. The molecule has 1 N–H and O–H groups in total. The predicted octanol–water partition coefficient (Wildman–Crippen LogP) is 12.5. The first kappa shape index (κ1) is 43.9. The molecular formula is C51H51ClN4O3Ru-. The van der Waals surface area contributed by atoms with Crippen molar-refractivity contribution in [3.8, 4) is 5.75 Å². The third kappa shape index (κ3) is 10.4. The van der Waals surface area contributed by atoms with Gasteiger partial charge in [-0.25, -0.2) is 0 Å². The molecule has 0 saturated carbocycles. The Bertz CT molecular complexity index is 2530. The van der Waals surface area contributed by atoms with E-state index in [2.05, 4.69) is 142 Å². The van der Waals surface area contributed by atoms with Gasteiger partial charge in [0.1, 0.15) is 5.75 Å². The Hall–Kier alpha value is -5.69. The first-order chi connectivity index (χ1) is 28.7. The summed E-state index contributed by atoms with van der Waals surface area (Å²) in [6.45, 7) is 21.5. The number of nitrogens with zero attached hydrogens (tertiary/aromatic N) is 4. The van der Waals surface area contributed by atoms with E-state index < -0.39 is 4.92 Å². The average molecular weight is 905 g/mol. The Labute approximate surface area is 366 Å². The number of nitro groups is 1. The fourth-order valence-electron chi connectivity index (χ4n) is 8.05. The van der Waals surface area contributed by atoms with Crippen molar-refractivity contribution in [2.24, 2.45) is 4.99 Å². The van der Waals surface area contributed by atoms with Crippen LogP contribution in [0.3, 0.4) is 0 Å². The zero-order chi connectivity index (χ0) is 43.1. The number of aryl methyl sites for hydroxylation is 8. The van der Waals surface area contributed by atoms with Gasteiger partial charge in [-0.3, -0.25) is 15.1 Å². The standard InChI is InChI=1S/C21H27N2.C15H14N2O3.C15H10.ClH.Ru/c1-14-9-16(3)20(17(4)10-14)22-7-8-23(13-22)21-18(5)11-15(2)12-19(21)6;1-10-3-5-14(11(2)7-10)16-9-12-8-13(17(19)20)4-6-15(12)18;1-2-6-12(7-3-1)15-11-10-13-8-4-5-9-14(13)15;;/h9-13H,7-8H2,1-6H3;3-9,18H,1-2H3;1-9,11H;1H;/q-1;;;;+1/p-1. The molecule has 6 aromatic carbocycles. The number of anilines is 2. The van der Waals surface area contributed by atoms with Crippen LogP contribution in [0, 0.1) is 72.2 Å².